The summed E-state index contributed by atoms with van der Waals surface area (Å²) in [4.78, 5) is 14.5. The van der Waals surface area contributed by atoms with Gasteiger partial charge in [0.25, 0.3) is 0 Å². The maximum absolute atomic E-state index is 12.6. The average molecular weight is 355 g/mol. The van der Waals surface area contributed by atoms with Gasteiger partial charge in [-0.1, -0.05) is 0 Å². The quantitative estimate of drug-likeness (QED) is 0.764. The van der Waals surface area contributed by atoms with Gasteiger partial charge in [0.2, 0.25) is 5.78 Å². The summed E-state index contributed by atoms with van der Waals surface area (Å²) in [7, 11) is 3.12. The van der Waals surface area contributed by atoms with Gasteiger partial charge in [0.05, 0.1) is 19.1 Å². The Kier molecular flexibility index (Phi) is 4.50. The van der Waals surface area contributed by atoms with E-state index in [0.717, 1.165) is 15.3 Å². The standard InChI is InChI=1S/C15H15BrO3S/c1-8-5-14(20-9(8)2)15(17)10-6-12(18-3)13(19-4)7-11(10)16/h5-7H,1-4H3. The lowest BCUT2D eigenvalue weighted by atomic mass is 10.1. The normalized spacial score (nSPS) is 10.4. The van der Waals surface area contributed by atoms with E-state index in [1.165, 1.54) is 11.3 Å². The molecule has 0 unspecified atom stereocenters. The predicted octanol–water partition coefficient (Wildman–Crippen LogP) is 4.38. The summed E-state index contributed by atoms with van der Waals surface area (Å²) < 4.78 is 11.2. The van der Waals surface area contributed by atoms with E-state index in [1.807, 2.05) is 19.9 Å². The molecular formula is C15H15BrO3S. The molecule has 0 spiro atoms. The Morgan fingerprint density at radius 1 is 1.10 bits per heavy atom. The van der Waals surface area contributed by atoms with E-state index in [2.05, 4.69) is 15.9 Å². The van der Waals surface area contributed by atoms with Gasteiger partial charge in [-0.05, 0) is 53.5 Å². The van der Waals surface area contributed by atoms with Crippen molar-refractivity contribution in [2.75, 3.05) is 14.2 Å². The first kappa shape index (κ1) is 15.1. The van der Waals surface area contributed by atoms with Crippen LogP contribution in [-0.4, -0.2) is 20.0 Å². The monoisotopic (exact) mass is 354 g/mol. The summed E-state index contributed by atoms with van der Waals surface area (Å²) >= 11 is 4.93. The third-order valence-corrected chi connectivity index (χ3v) is 4.92. The Bertz CT molecular complexity index is 642. The molecule has 0 radical (unpaired) electrons. The van der Waals surface area contributed by atoms with Crippen LogP contribution >= 0.6 is 27.3 Å². The molecule has 106 valence electrons. The second-order valence-corrected chi connectivity index (χ2v) is 6.48. The Morgan fingerprint density at radius 2 is 1.70 bits per heavy atom. The molecule has 0 amide bonds. The Balaban J connectivity index is 2.49. The highest BCUT2D eigenvalue weighted by atomic mass is 79.9. The number of ketones is 1. The third-order valence-electron chi connectivity index (χ3n) is 3.11. The van der Waals surface area contributed by atoms with Crippen molar-refractivity contribution in [3.05, 3.63) is 43.6 Å². The number of hydrogen-bond acceptors (Lipinski definition) is 4. The van der Waals surface area contributed by atoms with Crippen LogP contribution in [0.1, 0.15) is 25.7 Å². The van der Waals surface area contributed by atoms with E-state index in [0.29, 0.717) is 21.5 Å². The summed E-state index contributed by atoms with van der Waals surface area (Å²) in [5.74, 6) is 1.12. The van der Waals surface area contributed by atoms with Gasteiger partial charge in [-0.3, -0.25) is 4.79 Å². The van der Waals surface area contributed by atoms with Gasteiger partial charge in [-0.15, -0.1) is 11.3 Å². The van der Waals surface area contributed by atoms with Crippen LogP contribution in [0.3, 0.4) is 0 Å². The van der Waals surface area contributed by atoms with Crippen molar-refractivity contribution in [2.24, 2.45) is 0 Å². The maximum Gasteiger partial charge on any atom is 0.204 e. The highest BCUT2D eigenvalue weighted by Gasteiger charge is 2.19. The largest absolute Gasteiger partial charge is 0.493 e. The van der Waals surface area contributed by atoms with Crippen LogP contribution in [0.5, 0.6) is 11.5 Å². The van der Waals surface area contributed by atoms with Crippen LogP contribution in [0.4, 0.5) is 0 Å². The van der Waals surface area contributed by atoms with Crippen LogP contribution < -0.4 is 9.47 Å². The van der Waals surface area contributed by atoms with Gasteiger partial charge >= 0.3 is 0 Å². The zero-order valence-corrected chi connectivity index (χ0v) is 14.1. The van der Waals surface area contributed by atoms with Gasteiger partial charge in [0.15, 0.2) is 11.5 Å². The van der Waals surface area contributed by atoms with Crippen LogP contribution in [0.15, 0.2) is 22.7 Å². The topological polar surface area (TPSA) is 35.5 Å². The minimum Gasteiger partial charge on any atom is -0.493 e. The van der Waals surface area contributed by atoms with E-state index >= 15 is 0 Å². The number of carbonyl (C=O) groups excluding carboxylic acids is 1. The van der Waals surface area contributed by atoms with Crippen molar-refractivity contribution in [3.8, 4) is 11.5 Å². The van der Waals surface area contributed by atoms with Crippen LogP contribution in [-0.2, 0) is 0 Å². The number of methoxy groups -OCH3 is 2. The lowest BCUT2D eigenvalue weighted by Crippen LogP contribution is -2.02. The number of rotatable bonds is 4. The Morgan fingerprint density at radius 3 is 2.20 bits per heavy atom. The van der Waals surface area contributed by atoms with E-state index < -0.39 is 0 Å². The van der Waals surface area contributed by atoms with Crippen LogP contribution in [0.25, 0.3) is 0 Å². The molecule has 1 aromatic carbocycles. The van der Waals surface area contributed by atoms with Gasteiger partial charge in [0.1, 0.15) is 0 Å². The first-order valence-electron chi connectivity index (χ1n) is 6.01. The fourth-order valence-electron chi connectivity index (χ4n) is 1.85. The smallest absolute Gasteiger partial charge is 0.204 e. The van der Waals surface area contributed by atoms with Crippen molar-refractivity contribution in [1.29, 1.82) is 0 Å². The molecule has 0 bridgehead atoms. The fraction of sp³-hybridized carbons (Fsp3) is 0.267. The van der Waals surface area contributed by atoms with Crippen LogP contribution in [0.2, 0.25) is 0 Å². The molecule has 0 aliphatic rings. The minimum atomic E-state index is -0.0148. The van der Waals surface area contributed by atoms with Gasteiger partial charge in [-0.2, -0.15) is 0 Å². The first-order chi connectivity index (χ1) is 9.47. The molecular weight excluding hydrogens is 340 g/mol. The summed E-state index contributed by atoms with van der Waals surface area (Å²) in [6.45, 7) is 4.02. The molecule has 0 atom stereocenters. The summed E-state index contributed by atoms with van der Waals surface area (Å²) in [6.07, 6.45) is 0. The molecule has 0 aliphatic carbocycles. The third kappa shape index (κ3) is 2.74. The van der Waals surface area contributed by atoms with Crippen molar-refractivity contribution < 1.29 is 14.3 Å². The minimum absolute atomic E-state index is 0.0148. The molecule has 1 heterocycles. The SMILES string of the molecule is COc1cc(Br)c(C(=O)c2cc(C)c(C)s2)cc1OC. The summed E-state index contributed by atoms with van der Waals surface area (Å²) in [5, 5.41) is 0. The maximum atomic E-state index is 12.6. The Hall–Kier alpha value is -1.33. The second kappa shape index (κ2) is 5.97. The number of aryl methyl sites for hydroxylation is 2. The predicted molar refractivity (Wildman–Crippen MR) is 84.5 cm³/mol. The lowest BCUT2D eigenvalue weighted by molar-refractivity contribution is 0.104. The summed E-state index contributed by atoms with van der Waals surface area (Å²) in [6, 6.07) is 5.38. The average Bonchev–Trinajstić information content (AvgIpc) is 2.77. The molecule has 20 heavy (non-hydrogen) atoms. The highest BCUT2D eigenvalue weighted by Crippen LogP contribution is 2.35. The molecule has 2 aromatic rings. The number of halogens is 1. The first-order valence-corrected chi connectivity index (χ1v) is 7.62. The number of carbonyl (C=O) groups is 1. The van der Waals surface area contributed by atoms with Gasteiger partial charge < -0.3 is 9.47 Å². The van der Waals surface area contributed by atoms with Crippen molar-refractivity contribution in [3.63, 3.8) is 0 Å². The number of ether oxygens (including phenoxy) is 2. The van der Waals surface area contributed by atoms with Crippen LogP contribution in [0, 0.1) is 13.8 Å². The lowest BCUT2D eigenvalue weighted by Gasteiger charge is -2.10. The fourth-order valence-corrected chi connectivity index (χ4v) is 3.34. The van der Waals surface area contributed by atoms with Crippen molar-refractivity contribution >= 4 is 33.0 Å². The number of hydrogen-bond donors (Lipinski definition) is 0. The van der Waals surface area contributed by atoms with Gasteiger partial charge in [-0.25, -0.2) is 0 Å². The molecule has 5 heteroatoms. The zero-order chi connectivity index (χ0) is 14.9. The van der Waals surface area contributed by atoms with E-state index in [1.54, 1.807) is 26.4 Å². The highest BCUT2D eigenvalue weighted by molar-refractivity contribution is 9.10. The molecule has 0 saturated carbocycles. The van der Waals surface area contributed by atoms with E-state index in [9.17, 15) is 4.79 Å². The molecule has 0 saturated heterocycles. The van der Waals surface area contributed by atoms with E-state index in [-0.39, 0.29) is 5.78 Å². The van der Waals surface area contributed by atoms with Gasteiger partial charge in [0, 0.05) is 14.9 Å². The molecule has 0 aliphatic heterocycles. The number of thiophene rings is 1. The number of benzene rings is 1. The molecule has 0 fully saturated rings. The molecule has 2 rings (SSSR count). The molecule has 1 aromatic heterocycles. The Labute approximate surface area is 130 Å². The molecule has 3 nitrogen and oxygen atoms in total. The summed E-state index contributed by atoms with van der Waals surface area (Å²) in [5.41, 5.74) is 1.71. The van der Waals surface area contributed by atoms with Crippen molar-refractivity contribution in [2.45, 2.75) is 13.8 Å². The van der Waals surface area contributed by atoms with E-state index in [4.69, 9.17) is 9.47 Å². The van der Waals surface area contributed by atoms with Crippen molar-refractivity contribution in [1.82, 2.24) is 0 Å². The second-order valence-electron chi connectivity index (χ2n) is 4.37. The molecule has 0 N–H and O–H groups in total. The zero-order valence-electron chi connectivity index (χ0n) is 11.7.